The lowest BCUT2D eigenvalue weighted by Gasteiger charge is -2.26. The molecule has 1 aliphatic heterocycles. The molecule has 0 radical (unpaired) electrons. The third-order valence-corrected chi connectivity index (χ3v) is 4.01. The van der Waals surface area contributed by atoms with Crippen molar-refractivity contribution in [3.63, 3.8) is 0 Å². The lowest BCUT2D eigenvalue weighted by Crippen LogP contribution is -2.40. The Labute approximate surface area is 124 Å². The lowest BCUT2D eigenvalue weighted by atomic mass is 10.0. The number of hydrogen-bond acceptors (Lipinski definition) is 3. The quantitative estimate of drug-likeness (QED) is 0.866. The van der Waals surface area contributed by atoms with Gasteiger partial charge in [0.1, 0.15) is 0 Å². The summed E-state index contributed by atoms with van der Waals surface area (Å²) in [4.78, 5) is 27.7. The number of amides is 3. The van der Waals surface area contributed by atoms with E-state index in [0.717, 1.165) is 11.3 Å². The number of benzene rings is 1. The van der Waals surface area contributed by atoms with Crippen LogP contribution in [0.1, 0.15) is 22.8 Å². The highest BCUT2D eigenvalue weighted by Gasteiger charge is 2.25. The first-order valence-corrected chi connectivity index (χ1v) is 7.09. The molecule has 1 saturated heterocycles. The summed E-state index contributed by atoms with van der Waals surface area (Å²) >= 11 is 0. The van der Waals surface area contributed by atoms with E-state index in [9.17, 15) is 9.59 Å². The molecule has 0 aliphatic carbocycles. The van der Waals surface area contributed by atoms with Gasteiger partial charge in [-0.3, -0.25) is 9.69 Å². The summed E-state index contributed by atoms with van der Waals surface area (Å²) in [6.45, 7) is 5.43. The second-order valence-corrected chi connectivity index (χ2v) is 5.33. The highest BCUT2D eigenvalue weighted by Crippen LogP contribution is 2.25. The third kappa shape index (κ3) is 2.85. The van der Waals surface area contributed by atoms with Crippen molar-refractivity contribution in [3.8, 4) is 0 Å². The first-order chi connectivity index (χ1) is 9.97. The molecule has 1 heterocycles. The van der Waals surface area contributed by atoms with Crippen molar-refractivity contribution in [3.05, 3.63) is 29.3 Å². The molecule has 0 saturated carbocycles. The van der Waals surface area contributed by atoms with Gasteiger partial charge in [-0.15, -0.1) is 0 Å². The van der Waals surface area contributed by atoms with Gasteiger partial charge in [0.2, 0.25) is 0 Å². The lowest BCUT2D eigenvalue weighted by molar-refractivity contribution is 0.0747. The largest absolute Gasteiger partial charge is 0.338 e. The van der Waals surface area contributed by atoms with E-state index in [1.54, 1.807) is 22.9 Å². The molecule has 6 nitrogen and oxygen atoms in total. The van der Waals surface area contributed by atoms with Crippen LogP contribution in [-0.2, 0) is 0 Å². The van der Waals surface area contributed by atoms with Gasteiger partial charge >= 0.3 is 6.03 Å². The van der Waals surface area contributed by atoms with Crippen LogP contribution in [-0.4, -0.2) is 49.6 Å². The maximum absolute atomic E-state index is 12.6. The summed E-state index contributed by atoms with van der Waals surface area (Å²) in [6.07, 6.45) is 0. The van der Waals surface area contributed by atoms with Gasteiger partial charge in [0.25, 0.3) is 5.91 Å². The van der Waals surface area contributed by atoms with Crippen molar-refractivity contribution in [1.29, 1.82) is 0 Å². The monoisotopic (exact) mass is 290 g/mol. The maximum Gasteiger partial charge on any atom is 0.322 e. The number of urea groups is 1. The number of nitrogens with two attached hydrogens (primary N) is 1. The Morgan fingerprint density at radius 3 is 2.81 bits per heavy atom. The van der Waals surface area contributed by atoms with Crippen molar-refractivity contribution in [1.82, 2.24) is 10.2 Å². The highest BCUT2D eigenvalue weighted by atomic mass is 16.2. The predicted molar refractivity (Wildman–Crippen MR) is 82.5 cm³/mol. The standard InChI is InChI=1S/C15H22N4O2/c1-10(9-16)18(3)14(20)12-5-4-6-13(11(12)2)19-8-7-17-15(19)21/h4-6,10H,7-9,16H2,1-3H3,(H,17,21)/t10-/m1/s1. The number of likely N-dealkylation sites (N-methyl/N-ethyl adjacent to an activating group) is 1. The summed E-state index contributed by atoms with van der Waals surface area (Å²) in [5.41, 5.74) is 7.82. The fourth-order valence-electron chi connectivity index (χ4n) is 2.40. The van der Waals surface area contributed by atoms with Gasteiger partial charge in [-0.2, -0.15) is 0 Å². The van der Waals surface area contributed by atoms with Crippen molar-refractivity contribution in [2.75, 3.05) is 31.6 Å². The van der Waals surface area contributed by atoms with E-state index in [1.807, 2.05) is 26.0 Å². The van der Waals surface area contributed by atoms with Crippen LogP contribution in [0.4, 0.5) is 10.5 Å². The smallest absolute Gasteiger partial charge is 0.322 e. The van der Waals surface area contributed by atoms with Gasteiger partial charge in [0.05, 0.1) is 0 Å². The first-order valence-electron chi connectivity index (χ1n) is 7.09. The zero-order valence-corrected chi connectivity index (χ0v) is 12.7. The summed E-state index contributed by atoms with van der Waals surface area (Å²) in [6, 6.07) is 5.31. The number of nitrogens with one attached hydrogen (secondary N) is 1. The number of hydrogen-bond donors (Lipinski definition) is 2. The Bertz CT molecular complexity index is 559. The SMILES string of the molecule is Cc1c(C(=O)N(C)[C@H](C)CN)cccc1N1CCNC1=O. The van der Waals surface area contributed by atoms with E-state index in [2.05, 4.69) is 5.32 Å². The number of nitrogens with zero attached hydrogens (tertiary/aromatic N) is 2. The molecule has 0 bridgehead atoms. The van der Waals surface area contributed by atoms with E-state index in [0.29, 0.717) is 25.2 Å². The van der Waals surface area contributed by atoms with Gasteiger partial charge in [0, 0.05) is 44.0 Å². The Morgan fingerprint density at radius 2 is 2.24 bits per heavy atom. The minimum Gasteiger partial charge on any atom is -0.338 e. The summed E-state index contributed by atoms with van der Waals surface area (Å²) in [5, 5.41) is 2.77. The molecule has 1 fully saturated rings. The Balaban J connectivity index is 2.33. The van der Waals surface area contributed by atoms with Crippen LogP contribution >= 0.6 is 0 Å². The van der Waals surface area contributed by atoms with Crippen LogP contribution in [0.5, 0.6) is 0 Å². The molecule has 0 spiro atoms. The molecule has 1 atom stereocenters. The molecular formula is C15H22N4O2. The average molecular weight is 290 g/mol. The molecule has 1 aliphatic rings. The molecule has 2 rings (SSSR count). The van der Waals surface area contributed by atoms with Gasteiger partial charge in [-0.05, 0) is 31.5 Å². The fraction of sp³-hybridized carbons (Fsp3) is 0.467. The van der Waals surface area contributed by atoms with E-state index in [4.69, 9.17) is 5.73 Å². The van der Waals surface area contributed by atoms with Crippen LogP contribution < -0.4 is 16.0 Å². The summed E-state index contributed by atoms with van der Waals surface area (Å²) < 4.78 is 0. The second-order valence-electron chi connectivity index (χ2n) is 5.33. The average Bonchev–Trinajstić information content (AvgIpc) is 2.91. The third-order valence-electron chi connectivity index (χ3n) is 4.01. The van der Waals surface area contributed by atoms with Crippen LogP contribution in [0.15, 0.2) is 18.2 Å². The van der Waals surface area contributed by atoms with Crippen LogP contribution in [0.2, 0.25) is 0 Å². The van der Waals surface area contributed by atoms with Crippen molar-refractivity contribution in [2.45, 2.75) is 19.9 Å². The highest BCUT2D eigenvalue weighted by molar-refractivity contribution is 6.00. The van der Waals surface area contributed by atoms with Gasteiger partial charge < -0.3 is 16.0 Å². The minimum absolute atomic E-state index is 0.0318. The Hall–Kier alpha value is -2.08. The van der Waals surface area contributed by atoms with E-state index < -0.39 is 0 Å². The molecule has 3 amide bonds. The number of rotatable bonds is 4. The Morgan fingerprint density at radius 1 is 1.52 bits per heavy atom. The van der Waals surface area contributed by atoms with Gasteiger partial charge in [-0.1, -0.05) is 6.07 Å². The molecule has 1 aromatic carbocycles. The number of anilines is 1. The molecule has 0 unspecified atom stereocenters. The predicted octanol–water partition coefficient (Wildman–Crippen LogP) is 0.944. The minimum atomic E-state index is -0.119. The summed E-state index contributed by atoms with van der Waals surface area (Å²) in [5.74, 6) is -0.0769. The van der Waals surface area contributed by atoms with E-state index in [-0.39, 0.29) is 18.0 Å². The van der Waals surface area contributed by atoms with Crippen LogP contribution in [0.25, 0.3) is 0 Å². The first kappa shape index (κ1) is 15.3. The molecule has 3 N–H and O–H groups in total. The molecular weight excluding hydrogens is 268 g/mol. The number of carbonyl (C=O) groups excluding carboxylic acids is 2. The van der Waals surface area contributed by atoms with Gasteiger partial charge in [0.15, 0.2) is 0 Å². The zero-order chi connectivity index (χ0) is 15.6. The molecule has 6 heteroatoms. The summed E-state index contributed by atoms with van der Waals surface area (Å²) in [7, 11) is 1.74. The fourth-order valence-corrected chi connectivity index (χ4v) is 2.40. The normalized spacial score (nSPS) is 15.8. The van der Waals surface area contributed by atoms with Crippen molar-refractivity contribution < 1.29 is 9.59 Å². The molecule has 1 aromatic rings. The number of carbonyl (C=O) groups is 2. The maximum atomic E-state index is 12.6. The molecule has 21 heavy (non-hydrogen) atoms. The van der Waals surface area contributed by atoms with Crippen molar-refractivity contribution >= 4 is 17.6 Å². The van der Waals surface area contributed by atoms with Crippen molar-refractivity contribution in [2.24, 2.45) is 5.73 Å². The molecule has 114 valence electrons. The zero-order valence-electron chi connectivity index (χ0n) is 12.7. The van der Waals surface area contributed by atoms with E-state index >= 15 is 0 Å². The second kappa shape index (κ2) is 6.13. The molecule has 0 aromatic heterocycles. The topological polar surface area (TPSA) is 78.7 Å². The Kier molecular flexibility index (Phi) is 4.47. The van der Waals surface area contributed by atoms with E-state index in [1.165, 1.54) is 0 Å². The van der Waals surface area contributed by atoms with Crippen LogP contribution in [0, 0.1) is 6.92 Å². The van der Waals surface area contributed by atoms with Crippen LogP contribution in [0.3, 0.4) is 0 Å². The van der Waals surface area contributed by atoms with Gasteiger partial charge in [-0.25, -0.2) is 4.79 Å².